The predicted octanol–water partition coefficient (Wildman–Crippen LogP) is 6.06. The molecular weight excluding hydrogens is 456 g/mol. The SMILES string of the molecule is Cc1cc(C)c2oc(-c3ccccc3Cl)c(OC(=O)c3cc4ccccc4oc3=O)c(=O)c2c1. The second-order valence-corrected chi connectivity index (χ2v) is 8.31. The molecule has 5 aromatic rings. The van der Waals surface area contributed by atoms with E-state index in [2.05, 4.69) is 0 Å². The van der Waals surface area contributed by atoms with Gasteiger partial charge in [0.05, 0.1) is 10.4 Å². The maximum Gasteiger partial charge on any atom is 0.351 e. The Morgan fingerprint density at radius 2 is 1.65 bits per heavy atom. The lowest BCUT2D eigenvalue weighted by Gasteiger charge is -2.13. The zero-order valence-corrected chi connectivity index (χ0v) is 18.9. The topological polar surface area (TPSA) is 86.7 Å². The fourth-order valence-corrected chi connectivity index (χ4v) is 4.12. The number of benzene rings is 3. The Balaban J connectivity index is 1.73. The number of carbonyl (C=O) groups excluding carboxylic acids is 1. The molecule has 0 fully saturated rings. The highest BCUT2D eigenvalue weighted by atomic mass is 35.5. The van der Waals surface area contributed by atoms with Gasteiger partial charge in [0.15, 0.2) is 5.76 Å². The van der Waals surface area contributed by atoms with E-state index < -0.39 is 17.0 Å². The zero-order chi connectivity index (χ0) is 24.0. The fourth-order valence-electron chi connectivity index (χ4n) is 3.90. The third kappa shape index (κ3) is 3.68. The third-order valence-corrected chi connectivity index (χ3v) is 5.78. The number of esters is 1. The molecule has 0 unspecified atom stereocenters. The Hall–Kier alpha value is -4.16. The van der Waals surface area contributed by atoms with E-state index in [1.165, 1.54) is 6.07 Å². The maximum absolute atomic E-state index is 13.5. The van der Waals surface area contributed by atoms with Crippen LogP contribution in [0.3, 0.4) is 0 Å². The summed E-state index contributed by atoms with van der Waals surface area (Å²) in [5.41, 5.74) is 0.873. The van der Waals surface area contributed by atoms with E-state index in [4.69, 9.17) is 25.2 Å². The first kappa shape index (κ1) is 21.7. The molecule has 0 saturated carbocycles. The number of carbonyl (C=O) groups is 1. The molecule has 0 spiro atoms. The van der Waals surface area contributed by atoms with Crippen LogP contribution in [-0.2, 0) is 0 Å². The van der Waals surface area contributed by atoms with Crippen LogP contribution >= 0.6 is 11.6 Å². The van der Waals surface area contributed by atoms with Crippen LogP contribution in [-0.4, -0.2) is 5.97 Å². The van der Waals surface area contributed by atoms with Crippen molar-refractivity contribution in [3.63, 3.8) is 0 Å². The molecule has 0 aliphatic heterocycles. The van der Waals surface area contributed by atoms with E-state index in [9.17, 15) is 14.4 Å². The smallest absolute Gasteiger partial charge is 0.351 e. The van der Waals surface area contributed by atoms with E-state index in [0.29, 0.717) is 27.1 Å². The lowest BCUT2D eigenvalue weighted by Crippen LogP contribution is -2.22. The minimum absolute atomic E-state index is 0.00594. The number of ether oxygens (including phenoxy) is 1. The standard InChI is InChI=1S/C27H17ClO6/c1-14-11-15(2)23-18(12-14)22(29)25(24(33-23)17-8-4-5-9-20(17)28)34-27(31)19-13-16-7-3-6-10-21(16)32-26(19)30/h3-13H,1-2H3. The first-order valence-corrected chi connectivity index (χ1v) is 10.8. The summed E-state index contributed by atoms with van der Waals surface area (Å²) < 4.78 is 16.9. The van der Waals surface area contributed by atoms with Crippen LogP contribution in [0.2, 0.25) is 5.02 Å². The van der Waals surface area contributed by atoms with Crippen molar-refractivity contribution in [2.75, 3.05) is 0 Å². The number of fused-ring (bicyclic) bond motifs is 2. The Morgan fingerprint density at radius 1 is 0.912 bits per heavy atom. The van der Waals surface area contributed by atoms with Gasteiger partial charge in [-0.1, -0.05) is 48.0 Å². The summed E-state index contributed by atoms with van der Waals surface area (Å²) in [7, 11) is 0. The van der Waals surface area contributed by atoms with Crippen molar-refractivity contribution in [1.82, 2.24) is 0 Å². The van der Waals surface area contributed by atoms with Crippen molar-refractivity contribution in [1.29, 1.82) is 0 Å². The van der Waals surface area contributed by atoms with Crippen molar-refractivity contribution in [2.24, 2.45) is 0 Å². The minimum atomic E-state index is -1.04. The van der Waals surface area contributed by atoms with E-state index in [1.807, 2.05) is 19.9 Å². The molecule has 0 radical (unpaired) electrons. The van der Waals surface area contributed by atoms with Crippen LogP contribution in [0.15, 0.2) is 85.2 Å². The average Bonchev–Trinajstić information content (AvgIpc) is 2.81. The molecule has 0 amide bonds. The molecule has 34 heavy (non-hydrogen) atoms. The molecule has 0 bridgehead atoms. The molecule has 2 heterocycles. The van der Waals surface area contributed by atoms with Crippen molar-refractivity contribution >= 4 is 39.5 Å². The number of hydrogen-bond acceptors (Lipinski definition) is 6. The number of halogens is 1. The van der Waals surface area contributed by atoms with E-state index in [-0.39, 0.29) is 22.5 Å². The summed E-state index contributed by atoms with van der Waals surface area (Å²) >= 11 is 6.38. The lowest BCUT2D eigenvalue weighted by atomic mass is 10.1. The monoisotopic (exact) mass is 472 g/mol. The highest BCUT2D eigenvalue weighted by Crippen LogP contribution is 2.36. The summed E-state index contributed by atoms with van der Waals surface area (Å²) in [6.45, 7) is 3.67. The first-order valence-electron chi connectivity index (χ1n) is 10.4. The molecule has 0 saturated heterocycles. The van der Waals surface area contributed by atoms with E-state index in [0.717, 1.165) is 11.1 Å². The molecule has 168 valence electrons. The highest BCUT2D eigenvalue weighted by Gasteiger charge is 2.25. The molecule has 2 aromatic heterocycles. The third-order valence-electron chi connectivity index (χ3n) is 5.45. The minimum Gasteiger partial charge on any atom is -0.452 e. The van der Waals surface area contributed by atoms with Crippen LogP contribution in [0.4, 0.5) is 0 Å². The maximum atomic E-state index is 13.5. The molecule has 0 aliphatic rings. The molecule has 3 aromatic carbocycles. The fraction of sp³-hybridized carbons (Fsp3) is 0.0741. The summed E-state index contributed by atoms with van der Waals surface area (Å²) in [5.74, 6) is -1.40. The largest absolute Gasteiger partial charge is 0.452 e. The summed E-state index contributed by atoms with van der Waals surface area (Å²) in [6.07, 6.45) is 0. The second-order valence-electron chi connectivity index (χ2n) is 7.90. The first-order chi connectivity index (χ1) is 16.3. The lowest BCUT2D eigenvalue weighted by molar-refractivity contribution is 0.0727. The van der Waals surface area contributed by atoms with E-state index >= 15 is 0 Å². The van der Waals surface area contributed by atoms with Crippen LogP contribution in [0.5, 0.6) is 5.75 Å². The van der Waals surface area contributed by atoms with Crippen LogP contribution < -0.4 is 15.8 Å². The van der Waals surface area contributed by atoms with Crippen LogP contribution in [0, 0.1) is 13.8 Å². The normalized spacial score (nSPS) is 11.1. The van der Waals surface area contributed by atoms with Gasteiger partial charge in [-0.15, -0.1) is 0 Å². The van der Waals surface area contributed by atoms with Gasteiger partial charge in [-0.2, -0.15) is 0 Å². The van der Waals surface area contributed by atoms with Gasteiger partial charge >= 0.3 is 11.6 Å². The molecule has 0 N–H and O–H groups in total. The highest BCUT2D eigenvalue weighted by molar-refractivity contribution is 6.33. The van der Waals surface area contributed by atoms with Gasteiger partial charge in [-0.05, 0) is 55.3 Å². The van der Waals surface area contributed by atoms with Crippen molar-refractivity contribution in [2.45, 2.75) is 13.8 Å². The molecular formula is C27H17ClO6. The molecule has 7 heteroatoms. The van der Waals surface area contributed by atoms with Crippen LogP contribution in [0.1, 0.15) is 21.5 Å². The number of hydrogen-bond donors (Lipinski definition) is 0. The van der Waals surface area contributed by atoms with Crippen molar-refractivity contribution in [3.05, 3.63) is 109 Å². The second kappa shape index (κ2) is 8.32. The van der Waals surface area contributed by atoms with Crippen LogP contribution in [0.25, 0.3) is 33.3 Å². The zero-order valence-electron chi connectivity index (χ0n) is 18.2. The Labute approximate surface area is 198 Å². The number of rotatable bonds is 3. The predicted molar refractivity (Wildman–Crippen MR) is 130 cm³/mol. The van der Waals surface area contributed by atoms with Gasteiger partial charge in [0.2, 0.25) is 11.2 Å². The summed E-state index contributed by atoms with van der Waals surface area (Å²) in [6, 6.07) is 18.4. The number of aryl methyl sites for hydroxylation is 2. The Bertz CT molecular complexity index is 1730. The number of para-hydroxylation sites is 1. The average molecular weight is 473 g/mol. The van der Waals surface area contributed by atoms with E-state index in [1.54, 1.807) is 54.6 Å². The van der Waals surface area contributed by atoms with Gasteiger partial charge in [0.1, 0.15) is 16.7 Å². The molecule has 0 aliphatic carbocycles. The molecule has 6 nitrogen and oxygen atoms in total. The van der Waals surface area contributed by atoms with Gasteiger partial charge in [-0.3, -0.25) is 4.79 Å². The van der Waals surface area contributed by atoms with Crippen molar-refractivity contribution in [3.8, 4) is 17.1 Å². The Kier molecular flexibility index (Phi) is 5.30. The van der Waals surface area contributed by atoms with Gasteiger partial charge in [0.25, 0.3) is 0 Å². The van der Waals surface area contributed by atoms with Gasteiger partial charge in [0, 0.05) is 10.9 Å². The quantitative estimate of drug-likeness (QED) is 0.234. The van der Waals surface area contributed by atoms with Crippen molar-refractivity contribution < 1.29 is 18.4 Å². The van der Waals surface area contributed by atoms with Gasteiger partial charge < -0.3 is 13.6 Å². The Morgan fingerprint density at radius 3 is 2.44 bits per heavy atom. The summed E-state index contributed by atoms with van der Waals surface area (Å²) in [5, 5.41) is 1.09. The molecule has 0 atom stereocenters. The molecule has 5 rings (SSSR count). The van der Waals surface area contributed by atoms with Gasteiger partial charge in [-0.25, -0.2) is 9.59 Å². The summed E-state index contributed by atoms with van der Waals surface area (Å²) in [4.78, 5) is 39.1.